The molecule has 0 aliphatic heterocycles. The minimum Gasteiger partial charge on any atom is -0.493 e. The third kappa shape index (κ3) is 5.33. The van der Waals surface area contributed by atoms with Crippen LogP contribution in [0.5, 0.6) is 17.2 Å². The van der Waals surface area contributed by atoms with Crippen molar-refractivity contribution in [3.05, 3.63) is 29.3 Å². The molecule has 0 heterocycles. The van der Waals surface area contributed by atoms with Crippen LogP contribution in [0.1, 0.15) is 37.7 Å². The van der Waals surface area contributed by atoms with Crippen molar-refractivity contribution in [1.29, 1.82) is 0 Å². The van der Waals surface area contributed by atoms with E-state index in [1.54, 1.807) is 26.9 Å². The zero-order chi connectivity index (χ0) is 15.8. The van der Waals surface area contributed by atoms with E-state index < -0.39 is 0 Å². The predicted octanol–water partition coefficient (Wildman–Crippen LogP) is 4.11. The molecule has 130 valence electrons. The van der Waals surface area contributed by atoms with Gasteiger partial charge >= 0.3 is 0 Å². The molecule has 0 fully saturated rings. The quantitative estimate of drug-likeness (QED) is 0.570. The van der Waals surface area contributed by atoms with Crippen molar-refractivity contribution in [2.75, 3.05) is 27.9 Å². The van der Waals surface area contributed by atoms with Crippen LogP contribution in [0.4, 0.5) is 0 Å². The maximum Gasteiger partial charge on any atom is 0.203 e. The molecule has 0 saturated heterocycles. The van der Waals surface area contributed by atoms with E-state index in [4.69, 9.17) is 14.2 Å². The molecule has 0 aromatic heterocycles. The van der Waals surface area contributed by atoms with E-state index in [-0.39, 0.29) is 12.4 Å². The van der Waals surface area contributed by atoms with Gasteiger partial charge in [-0.15, -0.1) is 12.4 Å². The number of methoxy groups -OCH3 is 3. The lowest BCUT2D eigenvalue weighted by molar-refractivity contribution is 0.321. The Morgan fingerprint density at radius 2 is 1.78 bits per heavy atom. The summed E-state index contributed by atoms with van der Waals surface area (Å²) in [6, 6.07) is 3.94. The summed E-state index contributed by atoms with van der Waals surface area (Å²) in [6.45, 7) is 1.75. The number of hydrogen-bond acceptors (Lipinski definition) is 4. The highest BCUT2D eigenvalue weighted by Crippen LogP contribution is 2.39. The Bertz CT molecular complexity index is 517. The molecule has 0 radical (unpaired) electrons. The molecule has 2 rings (SSSR count). The average Bonchev–Trinajstić information content (AvgIpc) is 2.58. The van der Waals surface area contributed by atoms with Crippen molar-refractivity contribution in [3.63, 3.8) is 0 Å². The van der Waals surface area contributed by atoms with Crippen LogP contribution in [0, 0.1) is 0 Å². The first-order valence-electron chi connectivity index (χ1n) is 7.96. The van der Waals surface area contributed by atoms with Crippen LogP contribution in [0.15, 0.2) is 23.8 Å². The van der Waals surface area contributed by atoms with Gasteiger partial charge < -0.3 is 19.5 Å². The van der Waals surface area contributed by atoms with Gasteiger partial charge in [0.05, 0.1) is 21.3 Å². The Balaban J connectivity index is 0.00000264. The molecule has 1 aliphatic carbocycles. The summed E-state index contributed by atoms with van der Waals surface area (Å²) in [5.74, 6) is 2.08. The second-order valence-electron chi connectivity index (χ2n) is 5.53. The number of benzene rings is 1. The highest BCUT2D eigenvalue weighted by atomic mass is 35.5. The van der Waals surface area contributed by atoms with E-state index in [0.29, 0.717) is 11.5 Å². The van der Waals surface area contributed by atoms with E-state index >= 15 is 0 Å². The zero-order valence-electron chi connectivity index (χ0n) is 14.3. The van der Waals surface area contributed by atoms with Gasteiger partial charge in [-0.1, -0.05) is 17.7 Å². The van der Waals surface area contributed by atoms with Crippen molar-refractivity contribution >= 4 is 12.4 Å². The summed E-state index contributed by atoms with van der Waals surface area (Å²) in [5.41, 5.74) is 2.68. The fourth-order valence-electron chi connectivity index (χ4n) is 2.91. The largest absolute Gasteiger partial charge is 0.493 e. The minimum absolute atomic E-state index is 0. The van der Waals surface area contributed by atoms with E-state index in [9.17, 15) is 0 Å². The van der Waals surface area contributed by atoms with E-state index in [2.05, 4.69) is 11.4 Å². The highest BCUT2D eigenvalue weighted by molar-refractivity contribution is 5.85. The molecule has 4 nitrogen and oxygen atoms in total. The van der Waals surface area contributed by atoms with E-state index in [1.165, 1.54) is 25.7 Å². The fraction of sp³-hybridized carbons (Fsp3) is 0.556. The number of allylic oxidation sites excluding steroid dienone is 1. The second-order valence-corrected chi connectivity index (χ2v) is 5.53. The van der Waals surface area contributed by atoms with Crippen LogP contribution in [0.2, 0.25) is 0 Å². The van der Waals surface area contributed by atoms with Crippen LogP contribution in [0.3, 0.4) is 0 Å². The maximum atomic E-state index is 5.50. The Labute approximate surface area is 145 Å². The molecule has 1 N–H and O–H groups in total. The third-order valence-electron chi connectivity index (χ3n) is 4.11. The zero-order valence-corrected chi connectivity index (χ0v) is 15.1. The fourth-order valence-corrected chi connectivity index (χ4v) is 2.91. The maximum absolute atomic E-state index is 5.50. The molecule has 23 heavy (non-hydrogen) atoms. The summed E-state index contributed by atoms with van der Waals surface area (Å²) >= 11 is 0. The van der Waals surface area contributed by atoms with Crippen LogP contribution in [-0.2, 0) is 6.54 Å². The monoisotopic (exact) mass is 341 g/mol. The summed E-state index contributed by atoms with van der Waals surface area (Å²) in [4.78, 5) is 0. The lowest BCUT2D eigenvalue weighted by Crippen LogP contribution is -2.16. The SMILES string of the molecule is COc1ccc(CNCCC2=CCCCC2)c(OC)c1OC.Cl. The molecule has 0 spiro atoms. The van der Waals surface area contributed by atoms with Gasteiger partial charge in [0.2, 0.25) is 5.75 Å². The van der Waals surface area contributed by atoms with Gasteiger partial charge in [0.25, 0.3) is 0 Å². The van der Waals surface area contributed by atoms with Crippen molar-refractivity contribution in [1.82, 2.24) is 5.32 Å². The minimum atomic E-state index is 0. The smallest absolute Gasteiger partial charge is 0.203 e. The molecule has 1 aromatic carbocycles. The second kappa shape index (κ2) is 10.4. The van der Waals surface area contributed by atoms with Crippen molar-refractivity contribution in [2.24, 2.45) is 0 Å². The number of nitrogens with one attached hydrogen (secondary N) is 1. The molecule has 5 heteroatoms. The summed E-state index contributed by atoms with van der Waals surface area (Å²) in [5, 5.41) is 3.50. The van der Waals surface area contributed by atoms with Crippen molar-refractivity contribution in [3.8, 4) is 17.2 Å². The molecule has 1 aliphatic rings. The van der Waals surface area contributed by atoms with Crippen LogP contribution in [0.25, 0.3) is 0 Å². The average molecular weight is 342 g/mol. The Hall–Kier alpha value is -1.39. The number of ether oxygens (including phenoxy) is 3. The van der Waals surface area contributed by atoms with Gasteiger partial charge in [0.1, 0.15) is 0 Å². The van der Waals surface area contributed by atoms with Gasteiger partial charge in [0.15, 0.2) is 11.5 Å². The summed E-state index contributed by atoms with van der Waals surface area (Å²) < 4.78 is 16.2. The number of rotatable bonds is 8. The summed E-state index contributed by atoms with van der Waals surface area (Å²) in [7, 11) is 4.92. The molecule has 0 atom stereocenters. The van der Waals surface area contributed by atoms with E-state index in [1.807, 2.05) is 12.1 Å². The molecule has 1 aromatic rings. The molecule has 0 bridgehead atoms. The van der Waals surface area contributed by atoms with Gasteiger partial charge in [-0.25, -0.2) is 0 Å². The van der Waals surface area contributed by atoms with Gasteiger partial charge in [-0.05, 0) is 44.7 Å². The lowest BCUT2D eigenvalue weighted by atomic mass is 9.97. The lowest BCUT2D eigenvalue weighted by Gasteiger charge is -2.16. The Kier molecular flexibility index (Phi) is 8.89. The van der Waals surface area contributed by atoms with Crippen LogP contribution in [-0.4, -0.2) is 27.9 Å². The molecular formula is C18H28ClNO3. The van der Waals surface area contributed by atoms with Crippen LogP contribution < -0.4 is 19.5 Å². The first kappa shape index (κ1) is 19.7. The third-order valence-corrected chi connectivity index (χ3v) is 4.11. The molecule has 0 saturated carbocycles. The summed E-state index contributed by atoms with van der Waals surface area (Å²) in [6.07, 6.45) is 8.74. The first-order chi connectivity index (χ1) is 10.8. The van der Waals surface area contributed by atoms with Crippen molar-refractivity contribution in [2.45, 2.75) is 38.6 Å². The molecular weight excluding hydrogens is 314 g/mol. The van der Waals surface area contributed by atoms with E-state index in [0.717, 1.165) is 30.8 Å². The standard InChI is InChI=1S/C18H27NO3.ClH/c1-20-16-10-9-15(17(21-2)18(16)22-3)13-19-12-11-14-7-5-4-6-8-14;/h7,9-10,19H,4-6,8,11-13H2,1-3H3;1H. The topological polar surface area (TPSA) is 39.7 Å². The molecule has 0 amide bonds. The van der Waals surface area contributed by atoms with Gasteiger partial charge in [-0.3, -0.25) is 0 Å². The molecule has 0 unspecified atom stereocenters. The van der Waals surface area contributed by atoms with Gasteiger partial charge in [-0.2, -0.15) is 0 Å². The highest BCUT2D eigenvalue weighted by Gasteiger charge is 2.15. The Morgan fingerprint density at radius 3 is 2.39 bits per heavy atom. The predicted molar refractivity (Wildman–Crippen MR) is 96.2 cm³/mol. The Morgan fingerprint density at radius 1 is 1.00 bits per heavy atom. The number of hydrogen-bond donors (Lipinski definition) is 1. The van der Waals surface area contributed by atoms with Crippen LogP contribution >= 0.6 is 12.4 Å². The first-order valence-corrected chi connectivity index (χ1v) is 7.96. The van der Waals surface area contributed by atoms with Gasteiger partial charge in [0, 0.05) is 12.1 Å². The van der Waals surface area contributed by atoms with Crippen molar-refractivity contribution < 1.29 is 14.2 Å². The normalized spacial score (nSPS) is 13.8. The number of halogens is 1.